The van der Waals surface area contributed by atoms with Crippen LogP contribution in [0.1, 0.15) is 39.8 Å². The molecule has 0 bridgehead atoms. The van der Waals surface area contributed by atoms with Crippen molar-refractivity contribution < 1.29 is 5.11 Å². The molecule has 4 heterocycles. The number of rotatable bonds is 6. The Bertz CT molecular complexity index is 1630. The van der Waals surface area contributed by atoms with Gasteiger partial charge in [-0.3, -0.25) is 0 Å². The molecular weight excluding hydrogens is 517 g/mol. The fourth-order valence-electron chi connectivity index (χ4n) is 4.20. The average molecular weight is 545 g/mol. The van der Waals surface area contributed by atoms with Crippen LogP contribution in [0.15, 0.2) is 84.2 Å². The van der Waals surface area contributed by atoms with E-state index < -0.39 is 0 Å². The zero-order valence-corrected chi connectivity index (χ0v) is 23.4. The van der Waals surface area contributed by atoms with Gasteiger partial charge in [-0.1, -0.05) is 80.7 Å². The molecule has 0 aliphatic carbocycles. The highest BCUT2D eigenvalue weighted by Gasteiger charge is 2.13. The lowest BCUT2D eigenvalue weighted by Crippen LogP contribution is -2.12. The Morgan fingerprint density at radius 3 is 2.00 bits per heavy atom. The third-order valence-electron chi connectivity index (χ3n) is 6.19. The summed E-state index contributed by atoms with van der Waals surface area (Å²) in [6.45, 7) is 10.5. The first kappa shape index (κ1) is 25.1. The summed E-state index contributed by atoms with van der Waals surface area (Å²) >= 11 is 7.06. The second-order valence-corrected chi connectivity index (χ2v) is 13.2. The topological polar surface area (TPSA) is 20.2 Å². The van der Waals surface area contributed by atoms with Crippen molar-refractivity contribution in [1.82, 2.24) is 0 Å². The van der Waals surface area contributed by atoms with Crippen molar-refractivity contribution in [2.24, 2.45) is 0 Å². The van der Waals surface area contributed by atoms with E-state index in [4.69, 9.17) is 0 Å². The minimum Gasteiger partial charge on any atom is -0.387 e. The summed E-state index contributed by atoms with van der Waals surface area (Å²) in [6, 6.07) is 27.4. The molecule has 0 saturated heterocycles. The van der Waals surface area contributed by atoms with Crippen molar-refractivity contribution in [1.29, 1.82) is 0 Å². The van der Waals surface area contributed by atoms with Crippen molar-refractivity contribution in [2.75, 3.05) is 0 Å². The summed E-state index contributed by atoms with van der Waals surface area (Å²) in [4.78, 5) is 2.52. The number of hydrogen-bond acceptors (Lipinski definition) is 5. The Kier molecular flexibility index (Phi) is 7.85. The molecule has 2 unspecified atom stereocenters. The van der Waals surface area contributed by atoms with Crippen LogP contribution in [0.3, 0.4) is 0 Å². The van der Waals surface area contributed by atoms with E-state index in [9.17, 15) is 5.11 Å². The fourth-order valence-corrected chi connectivity index (χ4v) is 8.69. The van der Waals surface area contributed by atoms with E-state index in [1.54, 1.807) is 34.0 Å². The predicted octanol–water partition coefficient (Wildman–Crippen LogP) is 8.37. The smallest absolute Gasteiger partial charge is 0.0922 e. The highest BCUT2D eigenvalue weighted by Crippen LogP contribution is 2.34. The molecule has 0 aliphatic heterocycles. The van der Waals surface area contributed by atoms with Gasteiger partial charge in [0, 0.05) is 40.0 Å². The molecule has 0 amide bonds. The third-order valence-corrected chi connectivity index (χ3v) is 11.0. The number of aliphatic hydroxyl groups excluding tert-OH is 1. The molecule has 1 nitrogen and oxygen atoms in total. The Labute approximate surface area is 228 Å². The third kappa shape index (κ3) is 5.72. The first-order valence-corrected chi connectivity index (χ1v) is 15.2. The SMILES string of the molecule is C=c1sc2cc(C(C)Cc3ccccc3)sc2c1=C.OC(Cc1ccccc1)c1cc2sccc2s1. The Hall–Kier alpha value is -2.54. The van der Waals surface area contributed by atoms with Crippen LogP contribution in [0.5, 0.6) is 0 Å². The van der Waals surface area contributed by atoms with Gasteiger partial charge in [0.1, 0.15) is 0 Å². The lowest BCUT2D eigenvalue weighted by Gasteiger charge is -2.08. The monoisotopic (exact) mass is 544 g/mol. The van der Waals surface area contributed by atoms with Crippen LogP contribution in [-0.2, 0) is 12.8 Å². The number of benzene rings is 2. The van der Waals surface area contributed by atoms with Crippen LogP contribution >= 0.6 is 45.3 Å². The molecule has 6 aromatic rings. The van der Waals surface area contributed by atoms with Crippen molar-refractivity contribution in [3.63, 3.8) is 0 Å². The summed E-state index contributed by atoms with van der Waals surface area (Å²) in [5, 5.41) is 13.4. The first-order chi connectivity index (χ1) is 17.5. The quantitative estimate of drug-likeness (QED) is 0.223. The maximum Gasteiger partial charge on any atom is 0.0922 e. The van der Waals surface area contributed by atoms with Gasteiger partial charge >= 0.3 is 0 Å². The molecule has 2 atom stereocenters. The largest absolute Gasteiger partial charge is 0.387 e. The lowest BCUT2D eigenvalue weighted by molar-refractivity contribution is 0.182. The maximum atomic E-state index is 10.2. The minimum atomic E-state index is -0.387. The van der Waals surface area contributed by atoms with Crippen LogP contribution in [0.4, 0.5) is 0 Å². The van der Waals surface area contributed by atoms with Gasteiger partial charge in [0.25, 0.3) is 0 Å². The number of aliphatic hydroxyl groups is 1. The zero-order valence-electron chi connectivity index (χ0n) is 20.1. The first-order valence-electron chi connectivity index (χ1n) is 11.9. The number of thiophene rings is 4. The summed E-state index contributed by atoms with van der Waals surface area (Å²) < 4.78 is 6.32. The summed E-state index contributed by atoms with van der Waals surface area (Å²) in [5.74, 6) is 0.555. The molecule has 0 saturated carbocycles. The van der Waals surface area contributed by atoms with Crippen LogP contribution < -0.4 is 9.75 Å². The number of hydrogen-bond donors (Lipinski definition) is 1. The highest BCUT2D eigenvalue weighted by atomic mass is 32.1. The molecule has 5 heteroatoms. The van der Waals surface area contributed by atoms with Gasteiger partial charge < -0.3 is 5.11 Å². The molecule has 1 N–H and O–H groups in total. The van der Waals surface area contributed by atoms with Crippen LogP contribution in [0, 0.1) is 0 Å². The van der Waals surface area contributed by atoms with Crippen LogP contribution in [0.2, 0.25) is 0 Å². The van der Waals surface area contributed by atoms with Gasteiger partial charge in [-0.2, -0.15) is 0 Å². The van der Waals surface area contributed by atoms with Gasteiger partial charge in [0.15, 0.2) is 0 Å². The number of fused-ring (bicyclic) bond motifs is 2. The zero-order chi connectivity index (χ0) is 25.1. The van der Waals surface area contributed by atoms with Crippen molar-refractivity contribution in [2.45, 2.75) is 31.8 Å². The maximum absolute atomic E-state index is 10.2. The van der Waals surface area contributed by atoms with E-state index >= 15 is 0 Å². The molecule has 6 rings (SSSR count). The summed E-state index contributed by atoms with van der Waals surface area (Å²) in [5.41, 5.74) is 2.58. The van der Waals surface area contributed by atoms with E-state index in [1.807, 2.05) is 29.5 Å². The molecule has 0 aliphatic rings. The molecule has 36 heavy (non-hydrogen) atoms. The Balaban J connectivity index is 0.000000149. The standard InChI is InChI=1S/C17H16S2.C14H12OS2/c1-11(9-14-7-5-4-6-8-14)15-10-16-17(19-15)12(2)13(3)18-16;15-11(8-10-4-2-1-3-5-10)13-9-14-12(17-13)6-7-16-14/h4-8,10-11H,2-3,9H2,1H3;1-7,9,11,15H,8H2. The van der Waals surface area contributed by atoms with Gasteiger partial charge in [-0.05, 0) is 47.0 Å². The Morgan fingerprint density at radius 1 is 0.722 bits per heavy atom. The minimum absolute atomic E-state index is 0.387. The van der Waals surface area contributed by atoms with E-state index in [-0.39, 0.29) is 6.10 Å². The molecule has 2 aromatic carbocycles. The highest BCUT2D eigenvalue weighted by molar-refractivity contribution is 7.27. The van der Waals surface area contributed by atoms with E-state index in [1.165, 1.54) is 34.8 Å². The summed E-state index contributed by atoms with van der Waals surface area (Å²) in [7, 11) is 0. The second-order valence-electron chi connectivity index (χ2n) is 8.94. The lowest BCUT2D eigenvalue weighted by atomic mass is 10.00. The van der Waals surface area contributed by atoms with Crippen molar-refractivity contribution >= 4 is 77.3 Å². The summed E-state index contributed by atoms with van der Waals surface area (Å²) in [6.07, 6.45) is 1.40. The molecule has 0 radical (unpaired) electrons. The Morgan fingerprint density at radius 2 is 1.36 bits per heavy atom. The molecule has 4 aromatic heterocycles. The van der Waals surface area contributed by atoms with Crippen LogP contribution in [-0.4, -0.2) is 5.11 Å². The predicted molar refractivity (Wildman–Crippen MR) is 163 cm³/mol. The molecule has 0 fully saturated rings. The van der Waals surface area contributed by atoms with Crippen LogP contribution in [0.25, 0.3) is 32.0 Å². The second kappa shape index (κ2) is 11.2. The van der Waals surface area contributed by atoms with E-state index in [2.05, 4.69) is 86.1 Å². The molecular formula is C31H28OS4. The van der Waals surface area contributed by atoms with Gasteiger partial charge in [-0.25, -0.2) is 0 Å². The van der Waals surface area contributed by atoms with E-state index in [0.717, 1.165) is 21.0 Å². The van der Waals surface area contributed by atoms with E-state index in [0.29, 0.717) is 12.3 Å². The van der Waals surface area contributed by atoms with Gasteiger partial charge in [0.05, 0.1) is 10.8 Å². The molecule has 182 valence electrons. The van der Waals surface area contributed by atoms with Gasteiger partial charge in [0.2, 0.25) is 0 Å². The fraction of sp³-hybridized carbons (Fsp3) is 0.161. The average Bonchev–Trinajstić information content (AvgIpc) is 3.64. The van der Waals surface area contributed by atoms with Gasteiger partial charge in [-0.15, -0.1) is 45.3 Å². The van der Waals surface area contributed by atoms with Crippen molar-refractivity contribution in [3.8, 4) is 0 Å². The normalized spacial score (nSPS) is 12.9. The van der Waals surface area contributed by atoms with Crippen molar-refractivity contribution in [3.05, 3.63) is 115 Å². The molecule has 0 spiro atoms.